The van der Waals surface area contributed by atoms with Crippen LogP contribution in [0.1, 0.15) is 69.7 Å². The van der Waals surface area contributed by atoms with Crippen LogP contribution in [0.5, 0.6) is 0 Å². The Morgan fingerprint density at radius 3 is 1.73 bits per heavy atom. The fraction of sp³-hybridized carbons (Fsp3) is 0.460. The summed E-state index contributed by atoms with van der Waals surface area (Å²) in [5, 5.41) is 38.6. The number of guanidine groups is 1. The number of aliphatic imine (C=N–C) groups is 1. The van der Waals surface area contributed by atoms with E-state index in [0.29, 0.717) is 16.8 Å². The van der Waals surface area contributed by atoms with Gasteiger partial charge in [0, 0.05) is 67.0 Å². The van der Waals surface area contributed by atoms with E-state index in [9.17, 15) is 53.4 Å². The van der Waals surface area contributed by atoms with Crippen molar-refractivity contribution in [1.82, 2.24) is 52.2 Å². The Balaban J connectivity index is 1.67. The van der Waals surface area contributed by atoms with Crippen molar-refractivity contribution in [3.63, 3.8) is 0 Å². The Kier molecular flexibility index (Phi) is 24.4. The Morgan fingerprint density at radius 1 is 0.649 bits per heavy atom. The van der Waals surface area contributed by atoms with Gasteiger partial charge in [0.15, 0.2) is 5.96 Å². The highest BCUT2D eigenvalue weighted by Gasteiger charge is 2.35. The van der Waals surface area contributed by atoms with E-state index in [2.05, 4.69) is 69.8 Å². The average molecular weight is 1090 g/mol. The molecule has 8 amide bonds. The molecular weight excluding hydrogens is 1020 g/mol. The molecule has 0 spiro atoms. The Hall–Kier alpha value is -8.04. The number of nitrogens with one attached hydrogen (secondary N) is 9. The highest BCUT2D eigenvalue weighted by atomic mass is 32.1. The molecule has 77 heavy (non-hydrogen) atoms. The van der Waals surface area contributed by atoms with Crippen molar-refractivity contribution in [2.75, 3.05) is 12.3 Å². The van der Waals surface area contributed by atoms with Gasteiger partial charge >= 0.3 is 5.97 Å². The molecular formula is C50H71N15O11S. The third-order valence-corrected chi connectivity index (χ3v) is 12.5. The Morgan fingerprint density at radius 2 is 1.17 bits per heavy atom. The normalized spacial score (nSPS) is 14.7. The van der Waals surface area contributed by atoms with E-state index < -0.39 is 114 Å². The van der Waals surface area contributed by atoms with E-state index in [1.807, 2.05) is 18.2 Å². The second-order valence-corrected chi connectivity index (χ2v) is 19.2. The number of fused-ring (bicyclic) bond motifs is 1. The number of aromatic amines is 2. The molecule has 27 heteroatoms. The van der Waals surface area contributed by atoms with Gasteiger partial charge in [0.25, 0.3) is 0 Å². The van der Waals surface area contributed by atoms with Gasteiger partial charge in [-0.25, -0.2) is 9.78 Å². The lowest BCUT2D eigenvalue weighted by molar-refractivity contribution is -0.141. The second-order valence-electron chi connectivity index (χ2n) is 18.8. The third-order valence-electron chi connectivity index (χ3n) is 12.1. The number of para-hydroxylation sites is 1. The third kappa shape index (κ3) is 20.2. The summed E-state index contributed by atoms with van der Waals surface area (Å²) in [7, 11) is 0. The molecule has 0 saturated carbocycles. The van der Waals surface area contributed by atoms with Crippen molar-refractivity contribution < 1.29 is 53.4 Å². The average Bonchev–Trinajstić information content (AvgIpc) is 4.06. The van der Waals surface area contributed by atoms with Crippen LogP contribution in [0.4, 0.5) is 0 Å². The van der Waals surface area contributed by atoms with Gasteiger partial charge < -0.3 is 80.3 Å². The molecule has 0 aliphatic heterocycles. The molecule has 26 nitrogen and oxygen atoms in total. The summed E-state index contributed by atoms with van der Waals surface area (Å²) in [6, 6.07) is 4.55. The largest absolute Gasteiger partial charge is 0.480 e. The summed E-state index contributed by atoms with van der Waals surface area (Å²) in [4.78, 5) is 136. The fourth-order valence-corrected chi connectivity index (χ4v) is 8.20. The number of thiol groups is 1. The summed E-state index contributed by atoms with van der Waals surface area (Å²) in [6.07, 6.45) is 1.92. The van der Waals surface area contributed by atoms with Crippen molar-refractivity contribution in [2.45, 2.75) is 127 Å². The van der Waals surface area contributed by atoms with Crippen LogP contribution in [0, 0.1) is 5.92 Å². The molecule has 0 aliphatic rings. The molecule has 2 aromatic carbocycles. The van der Waals surface area contributed by atoms with Gasteiger partial charge in [0.05, 0.1) is 12.4 Å². The number of nitrogens with zero attached hydrogens (tertiary/aromatic N) is 2. The first-order valence-corrected chi connectivity index (χ1v) is 25.5. The zero-order valence-corrected chi connectivity index (χ0v) is 43.9. The summed E-state index contributed by atoms with van der Waals surface area (Å²) < 4.78 is 0. The van der Waals surface area contributed by atoms with E-state index in [1.165, 1.54) is 19.4 Å². The molecule has 0 unspecified atom stereocenters. The smallest absolute Gasteiger partial charge is 0.327 e. The van der Waals surface area contributed by atoms with Crippen LogP contribution >= 0.6 is 12.6 Å². The van der Waals surface area contributed by atoms with Crippen LogP contribution in [0.3, 0.4) is 0 Å². The Labute approximate surface area is 449 Å². The van der Waals surface area contributed by atoms with E-state index in [4.69, 9.17) is 22.9 Å². The molecule has 2 heterocycles. The van der Waals surface area contributed by atoms with Crippen LogP contribution in [0.15, 0.2) is 78.3 Å². The number of carbonyl (C=O) groups is 9. The van der Waals surface area contributed by atoms with E-state index in [-0.39, 0.29) is 69.1 Å². The molecule has 2 aromatic heterocycles. The topological polar surface area (TPSA) is 439 Å². The van der Waals surface area contributed by atoms with Gasteiger partial charge in [0.2, 0.25) is 47.3 Å². The number of H-pyrrole nitrogens is 2. The molecule has 9 atom stereocenters. The quantitative estimate of drug-likeness (QED) is 0.0103. The number of carbonyl (C=O) groups excluding carboxylic acids is 8. The maximum absolute atomic E-state index is 14.6. The first-order chi connectivity index (χ1) is 36.6. The number of carboxylic acid groups (broad SMARTS) is 1. The highest BCUT2D eigenvalue weighted by molar-refractivity contribution is 7.80. The lowest BCUT2D eigenvalue weighted by Crippen LogP contribution is -2.61. The van der Waals surface area contributed by atoms with Crippen molar-refractivity contribution in [2.24, 2.45) is 33.8 Å². The highest BCUT2D eigenvalue weighted by Crippen LogP contribution is 2.20. The number of hydrogen-bond donors (Lipinski definition) is 16. The van der Waals surface area contributed by atoms with E-state index >= 15 is 0 Å². The number of imidazole rings is 1. The van der Waals surface area contributed by atoms with Gasteiger partial charge in [-0.3, -0.25) is 43.3 Å². The SMILES string of the molecule is CC(C)C[C@H](NC(=O)[C@H](CCCN=C(N)N)NC(=O)[C@H](CCC(N)=O)NC(=O)[C@H](Cc1cnc[nH]1)NC(=O)[C@@H](N)[C@@H](C)O)C(=O)N[C@@H](Cc1c[nH]c2ccccc12)C(=O)N[C@@H](Cc1ccccc1)C(=O)N[C@@H](CS)C(=O)O. The predicted molar refractivity (Wildman–Crippen MR) is 287 cm³/mol. The number of aliphatic hydroxyl groups is 1. The summed E-state index contributed by atoms with van der Waals surface area (Å²) in [5.41, 5.74) is 24.7. The van der Waals surface area contributed by atoms with E-state index in [0.717, 1.165) is 10.9 Å². The van der Waals surface area contributed by atoms with Gasteiger partial charge in [-0.2, -0.15) is 12.6 Å². The molecule has 4 rings (SSSR count). The van der Waals surface area contributed by atoms with Crippen molar-refractivity contribution in [3.8, 4) is 0 Å². The standard InChI is InChI=1S/C50H71N15O11S/c1-26(2)18-35(44(70)63-37(20-29-22-57-32-13-8-7-12-31(29)32)46(72)62-36(19-28-10-5-4-6-11-28)45(71)65-39(24-77)49(75)76)61-42(68)33(14-9-17-56-50(53)54)59-43(69)34(15-16-40(51)67)60-47(73)38(21-30-23-55-25-58-30)64-48(74)41(52)27(3)66/h4-8,10-13,22-23,25-27,33-39,41,57,66,77H,9,14-21,24,52H2,1-3H3,(H2,51,67)(H,55,58)(H,59,69)(H,60,73)(H,61,68)(H,62,72)(H,63,70)(H,64,74)(H,65,71)(H,75,76)(H4,53,54,56)/t27-,33+,34+,35+,36+,37+,38+,39+,41+/m1/s1. The number of hydrogen-bond acceptors (Lipinski definition) is 14. The summed E-state index contributed by atoms with van der Waals surface area (Å²) in [6.45, 7) is 4.85. The number of primary amides is 1. The number of aromatic nitrogens is 3. The lowest BCUT2D eigenvalue weighted by atomic mass is 9.99. The maximum atomic E-state index is 14.6. The first kappa shape index (κ1) is 61.5. The van der Waals surface area contributed by atoms with Crippen LogP contribution in [0.25, 0.3) is 10.9 Å². The van der Waals surface area contributed by atoms with Crippen LogP contribution < -0.4 is 60.2 Å². The molecule has 0 saturated heterocycles. The monoisotopic (exact) mass is 1090 g/mol. The van der Waals surface area contributed by atoms with Gasteiger partial charge in [-0.05, 0) is 55.7 Å². The molecule has 0 fully saturated rings. The zero-order valence-electron chi connectivity index (χ0n) is 43.0. The molecule has 0 bridgehead atoms. The minimum Gasteiger partial charge on any atom is -0.480 e. The molecule has 0 aliphatic carbocycles. The molecule has 0 radical (unpaired) electrons. The Bertz CT molecular complexity index is 2660. The molecule has 418 valence electrons. The number of rotatable bonds is 32. The fourth-order valence-electron chi connectivity index (χ4n) is 7.95. The number of aliphatic hydroxyl groups excluding tert-OH is 1. The minimum absolute atomic E-state index is 0.00281. The summed E-state index contributed by atoms with van der Waals surface area (Å²) >= 11 is 4.06. The minimum atomic E-state index is -1.55. The van der Waals surface area contributed by atoms with Crippen LogP contribution in [-0.4, -0.2) is 151 Å². The first-order valence-electron chi connectivity index (χ1n) is 24.9. The van der Waals surface area contributed by atoms with Crippen molar-refractivity contribution in [3.05, 3.63) is 90.1 Å². The van der Waals surface area contributed by atoms with Gasteiger partial charge in [0.1, 0.15) is 48.3 Å². The van der Waals surface area contributed by atoms with Crippen LogP contribution in [-0.2, 0) is 62.4 Å². The van der Waals surface area contributed by atoms with E-state index in [1.54, 1.807) is 56.4 Å². The second kappa shape index (κ2) is 30.5. The maximum Gasteiger partial charge on any atom is 0.327 e. The number of carboxylic acids is 1. The number of aliphatic carboxylic acids is 1. The lowest BCUT2D eigenvalue weighted by Gasteiger charge is -2.28. The summed E-state index contributed by atoms with van der Waals surface area (Å²) in [5.74, 6) is -9.06. The zero-order chi connectivity index (χ0) is 56.8. The number of benzene rings is 2. The van der Waals surface area contributed by atoms with Gasteiger partial charge in [-0.1, -0.05) is 62.4 Å². The number of nitrogens with two attached hydrogens (primary N) is 4. The predicted octanol–water partition coefficient (Wildman–Crippen LogP) is -2.60. The van der Waals surface area contributed by atoms with Crippen molar-refractivity contribution in [1.29, 1.82) is 0 Å². The van der Waals surface area contributed by atoms with Crippen LogP contribution in [0.2, 0.25) is 0 Å². The molecule has 4 aromatic rings. The van der Waals surface area contributed by atoms with Gasteiger partial charge in [-0.15, -0.1) is 0 Å². The van der Waals surface area contributed by atoms with Crippen molar-refractivity contribution >= 4 is 82.7 Å². The molecule has 19 N–H and O–H groups in total. The number of amides is 8.